The predicted octanol–water partition coefficient (Wildman–Crippen LogP) is 5.37. The standard InChI is InChI=1S/C23H23ClF3N3O/c24-19-7-5-17(6-8-19)22-15-20(31-28-22)9-10-29-11-13-30(14-12-29)16-18-3-1-2-4-21(18)23(25,26)27/h1-8,15H,9-14,16H2. The SMILES string of the molecule is FC(F)(F)c1ccccc1CN1CCN(CCc2cc(-c3ccc(Cl)cc3)no2)CC1. The zero-order valence-electron chi connectivity index (χ0n) is 16.9. The molecule has 0 bridgehead atoms. The first kappa shape index (κ1) is 21.9. The van der Waals surface area contributed by atoms with E-state index in [2.05, 4.69) is 15.0 Å². The molecule has 0 unspecified atom stereocenters. The van der Waals surface area contributed by atoms with Gasteiger partial charge < -0.3 is 9.42 Å². The first-order chi connectivity index (χ1) is 14.9. The van der Waals surface area contributed by atoms with Crippen molar-refractivity contribution in [1.82, 2.24) is 15.0 Å². The second kappa shape index (κ2) is 9.42. The molecule has 0 amide bonds. The lowest BCUT2D eigenvalue weighted by molar-refractivity contribution is -0.138. The molecule has 0 aliphatic carbocycles. The third kappa shape index (κ3) is 5.67. The van der Waals surface area contributed by atoms with Crippen LogP contribution >= 0.6 is 11.6 Å². The highest BCUT2D eigenvalue weighted by molar-refractivity contribution is 6.30. The van der Waals surface area contributed by atoms with Crippen molar-refractivity contribution in [2.45, 2.75) is 19.1 Å². The molecule has 4 nitrogen and oxygen atoms in total. The molecule has 3 aromatic rings. The highest BCUT2D eigenvalue weighted by Gasteiger charge is 2.33. The number of alkyl halides is 3. The zero-order valence-corrected chi connectivity index (χ0v) is 17.7. The first-order valence-electron chi connectivity index (χ1n) is 10.2. The van der Waals surface area contributed by atoms with Crippen molar-refractivity contribution in [3.8, 4) is 11.3 Å². The van der Waals surface area contributed by atoms with Crippen LogP contribution in [-0.4, -0.2) is 47.7 Å². The molecule has 0 spiro atoms. The third-order valence-electron chi connectivity index (χ3n) is 5.55. The van der Waals surface area contributed by atoms with Crippen LogP contribution in [0.3, 0.4) is 0 Å². The second-order valence-corrected chi connectivity index (χ2v) is 8.14. The summed E-state index contributed by atoms with van der Waals surface area (Å²) < 4.78 is 45.1. The Morgan fingerprint density at radius 3 is 2.32 bits per heavy atom. The van der Waals surface area contributed by atoms with Crippen LogP contribution in [0.1, 0.15) is 16.9 Å². The second-order valence-electron chi connectivity index (χ2n) is 7.71. The highest BCUT2D eigenvalue weighted by Crippen LogP contribution is 2.32. The maximum Gasteiger partial charge on any atom is 0.416 e. The summed E-state index contributed by atoms with van der Waals surface area (Å²) in [5.74, 6) is 0.812. The van der Waals surface area contributed by atoms with Gasteiger partial charge in [0.05, 0.1) is 5.56 Å². The van der Waals surface area contributed by atoms with E-state index in [0.29, 0.717) is 17.1 Å². The molecule has 1 aliphatic heterocycles. The van der Waals surface area contributed by atoms with Gasteiger partial charge >= 0.3 is 6.18 Å². The van der Waals surface area contributed by atoms with Gasteiger partial charge in [0.2, 0.25) is 0 Å². The molecule has 1 aromatic heterocycles. The average molecular weight is 450 g/mol. The smallest absolute Gasteiger partial charge is 0.361 e. The monoisotopic (exact) mass is 449 g/mol. The van der Waals surface area contributed by atoms with Gasteiger partial charge in [0, 0.05) is 62.3 Å². The Labute approximate surface area is 184 Å². The summed E-state index contributed by atoms with van der Waals surface area (Å²) in [5, 5.41) is 4.80. The number of aromatic nitrogens is 1. The first-order valence-corrected chi connectivity index (χ1v) is 10.6. The Morgan fingerprint density at radius 2 is 1.61 bits per heavy atom. The molecular formula is C23H23ClF3N3O. The number of benzene rings is 2. The molecule has 0 atom stereocenters. The molecule has 0 N–H and O–H groups in total. The third-order valence-corrected chi connectivity index (χ3v) is 5.81. The molecule has 1 saturated heterocycles. The topological polar surface area (TPSA) is 32.5 Å². The van der Waals surface area contributed by atoms with E-state index in [4.69, 9.17) is 16.1 Å². The van der Waals surface area contributed by atoms with Crippen molar-refractivity contribution in [2.75, 3.05) is 32.7 Å². The van der Waals surface area contributed by atoms with Gasteiger partial charge in [0.15, 0.2) is 0 Å². The quantitative estimate of drug-likeness (QED) is 0.506. The minimum absolute atomic E-state index is 0.316. The summed E-state index contributed by atoms with van der Waals surface area (Å²) in [4.78, 5) is 4.38. The van der Waals surface area contributed by atoms with Gasteiger partial charge in [-0.1, -0.05) is 47.1 Å². The molecule has 2 heterocycles. The van der Waals surface area contributed by atoms with Gasteiger partial charge in [-0.3, -0.25) is 4.90 Å². The summed E-state index contributed by atoms with van der Waals surface area (Å²) in [7, 11) is 0. The van der Waals surface area contributed by atoms with Crippen molar-refractivity contribution in [3.63, 3.8) is 0 Å². The van der Waals surface area contributed by atoms with Crippen LogP contribution in [0.4, 0.5) is 13.2 Å². The van der Waals surface area contributed by atoms with Gasteiger partial charge in [0.25, 0.3) is 0 Å². The Hall–Kier alpha value is -2.35. The lowest BCUT2D eigenvalue weighted by Crippen LogP contribution is -2.46. The van der Waals surface area contributed by atoms with Crippen LogP contribution in [0, 0.1) is 0 Å². The van der Waals surface area contributed by atoms with Crippen LogP contribution in [0.2, 0.25) is 5.02 Å². The molecule has 31 heavy (non-hydrogen) atoms. The predicted molar refractivity (Wildman–Crippen MR) is 114 cm³/mol. The highest BCUT2D eigenvalue weighted by atomic mass is 35.5. The van der Waals surface area contributed by atoms with Gasteiger partial charge in [-0.05, 0) is 23.8 Å². The van der Waals surface area contributed by atoms with Crippen molar-refractivity contribution in [2.24, 2.45) is 0 Å². The maximum absolute atomic E-state index is 13.2. The number of nitrogens with zero attached hydrogens (tertiary/aromatic N) is 3. The minimum Gasteiger partial charge on any atom is -0.361 e. The molecule has 164 valence electrons. The van der Waals surface area contributed by atoms with Crippen molar-refractivity contribution >= 4 is 11.6 Å². The van der Waals surface area contributed by atoms with Crippen LogP contribution in [0.5, 0.6) is 0 Å². The van der Waals surface area contributed by atoms with Crippen molar-refractivity contribution in [3.05, 3.63) is 76.5 Å². The van der Waals surface area contributed by atoms with Crippen LogP contribution in [0.15, 0.2) is 59.1 Å². The summed E-state index contributed by atoms with van der Waals surface area (Å²) in [6, 6.07) is 15.2. The lowest BCUT2D eigenvalue weighted by atomic mass is 10.1. The molecule has 0 radical (unpaired) electrons. The number of hydrogen-bond donors (Lipinski definition) is 0. The van der Waals surface area contributed by atoms with E-state index in [0.717, 1.165) is 62.2 Å². The van der Waals surface area contributed by atoms with Crippen molar-refractivity contribution in [1.29, 1.82) is 0 Å². The Kier molecular flexibility index (Phi) is 6.65. The Bertz CT molecular complexity index is 996. The van der Waals surface area contributed by atoms with E-state index in [-0.39, 0.29) is 0 Å². The van der Waals surface area contributed by atoms with Gasteiger partial charge in [-0.25, -0.2) is 0 Å². The number of halogens is 4. The van der Waals surface area contributed by atoms with Gasteiger partial charge in [-0.15, -0.1) is 0 Å². The number of hydrogen-bond acceptors (Lipinski definition) is 4. The summed E-state index contributed by atoms with van der Waals surface area (Å²) in [6.45, 7) is 4.23. The van der Waals surface area contributed by atoms with E-state index in [9.17, 15) is 13.2 Å². The van der Waals surface area contributed by atoms with E-state index in [1.807, 2.05) is 30.3 Å². The summed E-state index contributed by atoms with van der Waals surface area (Å²) in [6.07, 6.45) is -3.59. The molecule has 2 aromatic carbocycles. The molecule has 1 aliphatic rings. The average Bonchev–Trinajstić information content (AvgIpc) is 3.22. The number of piperazine rings is 1. The van der Waals surface area contributed by atoms with Crippen LogP contribution < -0.4 is 0 Å². The molecule has 8 heteroatoms. The molecule has 1 fully saturated rings. The minimum atomic E-state index is -4.32. The van der Waals surface area contributed by atoms with Crippen LogP contribution in [-0.2, 0) is 19.1 Å². The normalized spacial score (nSPS) is 16.0. The fourth-order valence-corrected chi connectivity index (χ4v) is 3.93. The zero-order chi connectivity index (χ0) is 21.8. The fraction of sp³-hybridized carbons (Fsp3) is 0.348. The van der Waals surface area contributed by atoms with Crippen LogP contribution in [0.25, 0.3) is 11.3 Å². The van der Waals surface area contributed by atoms with E-state index in [1.54, 1.807) is 12.1 Å². The Morgan fingerprint density at radius 1 is 0.935 bits per heavy atom. The molecule has 4 rings (SSSR count). The lowest BCUT2D eigenvalue weighted by Gasteiger charge is -2.35. The van der Waals surface area contributed by atoms with Gasteiger partial charge in [0.1, 0.15) is 11.5 Å². The largest absolute Gasteiger partial charge is 0.416 e. The molecule has 0 saturated carbocycles. The summed E-state index contributed by atoms with van der Waals surface area (Å²) in [5.41, 5.74) is 1.52. The Balaban J connectivity index is 1.26. The van der Waals surface area contributed by atoms with Crippen molar-refractivity contribution < 1.29 is 17.7 Å². The fourth-order valence-electron chi connectivity index (χ4n) is 3.80. The van der Waals surface area contributed by atoms with Gasteiger partial charge in [-0.2, -0.15) is 13.2 Å². The van der Waals surface area contributed by atoms with E-state index >= 15 is 0 Å². The number of rotatable bonds is 6. The maximum atomic E-state index is 13.2. The summed E-state index contributed by atoms with van der Waals surface area (Å²) >= 11 is 5.92. The molecular weight excluding hydrogens is 427 g/mol. The van der Waals surface area contributed by atoms with E-state index < -0.39 is 11.7 Å². The van der Waals surface area contributed by atoms with E-state index in [1.165, 1.54) is 6.07 Å².